The number of aromatic nitrogens is 3. The van der Waals surface area contributed by atoms with Gasteiger partial charge in [0.1, 0.15) is 11.5 Å². The van der Waals surface area contributed by atoms with Crippen LogP contribution in [0.25, 0.3) is 16.7 Å². The number of carbonyl (C=O) groups excluding carboxylic acids is 1. The quantitative estimate of drug-likeness (QED) is 0.339. The number of benzene rings is 2. The zero-order chi connectivity index (χ0) is 26.7. The molecule has 0 fully saturated rings. The van der Waals surface area contributed by atoms with Crippen LogP contribution in [0.3, 0.4) is 0 Å². The lowest BCUT2D eigenvalue weighted by molar-refractivity contribution is -0.121. The van der Waals surface area contributed by atoms with E-state index in [1.54, 1.807) is 14.2 Å². The van der Waals surface area contributed by atoms with Gasteiger partial charge in [0.2, 0.25) is 5.91 Å². The third-order valence-electron chi connectivity index (χ3n) is 7.12. The number of pyridine rings is 1. The SMILES string of the molecule is COc1ccc(CCNC(=O)CCc2c(C)nc3c(c(C)nn3-c3ccc(C)c(C)c3)c2C)c(OC)c1. The van der Waals surface area contributed by atoms with Crippen molar-refractivity contribution in [1.82, 2.24) is 20.1 Å². The molecule has 4 rings (SSSR count). The van der Waals surface area contributed by atoms with E-state index < -0.39 is 0 Å². The second-order valence-corrected chi connectivity index (χ2v) is 9.54. The molecule has 1 amide bonds. The monoisotopic (exact) mass is 500 g/mol. The van der Waals surface area contributed by atoms with Crippen molar-refractivity contribution in [3.63, 3.8) is 0 Å². The van der Waals surface area contributed by atoms with Crippen molar-refractivity contribution >= 4 is 16.9 Å². The Morgan fingerprint density at radius 3 is 2.41 bits per heavy atom. The van der Waals surface area contributed by atoms with Crippen molar-refractivity contribution in [2.45, 2.75) is 53.9 Å². The van der Waals surface area contributed by atoms with Gasteiger partial charge in [-0.25, -0.2) is 9.67 Å². The van der Waals surface area contributed by atoms with Crippen LogP contribution in [0.2, 0.25) is 0 Å². The normalized spacial score (nSPS) is 11.1. The van der Waals surface area contributed by atoms with E-state index in [0.29, 0.717) is 25.8 Å². The van der Waals surface area contributed by atoms with E-state index in [1.165, 1.54) is 11.1 Å². The molecule has 2 heterocycles. The largest absolute Gasteiger partial charge is 0.497 e. The first-order chi connectivity index (χ1) is 17.7. The minimum absolute atomic E-state index is 0.0222. The van der Waals surface area contributed by atoms with Crippen LogP contribution in [0.5, 0.6) is 11.5 Å². The molecule has 4 aromatic rings. The number of hydrogen-bond donors (Lipinski definition) is 1. The van der Waals surface area contributed by atoms with E-state index in [0.717, 1.165) is 56.3 Å². The Labute approximate surface area is 218 Å². The van der Waals surface area contributed by atoms with Crippen molar-refractivity contribution in [1.29, 1.82) is 0 Å². The van der Waals surface area contributed by atoms with Crippen molar-refractivity contribution < 1.29 is 14.3 Å². The van der Waals surface area contributed by atoms with Gasteiger partial charge in [0.05, 0.1) is 25.6 Å². The molecule has 7 nitrogen and oxygen atoms in total. The van der Waals surface area contributed by atoms with E-state index in [4.69, 9.17) is 19.6 Å². The highest BCUT2D eigenvalue weighted by atomic mass is 16.5. The third kappa shape index (κ3) is 5.45. The van der Waals surface area contributed by atoms with Gasteiger partial charge in [0.25, 0.3) is 0 Å². The lowest BCUT2D eigenvalue weighted by Gasteiger charge is -2.13. The molecule has 0 bridgehead atoms. The molecule has 0 saturated heterocycles. The lowest BCUT2D eigenvalue weighted by Crippen LogP contribution is -2.26. The number of rotatable bonds is 9. The summed E-state index contributed by atoms with van der Waals surface area (Å²) in [6.45, 7) is 10.9. The van der Waals surface area contributed by atoms with Gasteiger partial charge < -0.3 is 14.8 Å². The first-order valence-electron chi connectivity index (χ1n) is 12.6. The van der Waals surface area contributed by atoms with Crippen molar-refractivity contribution in [3.8, 4) is 17.2 Å². The van der Waals surface area contributed by atoms with Crippen LogP contribution in [-0.4, -0.2) is 41.4 Å². The Hall–Kier alpha value is -3.87. The average Bonchev–Trinajstić information content (AvgIpc) is 3.21. The molecule has 194 valence electrons. The van der Waals surface area contributed by atoms with Gasteiger partial charge in [-0.15, -0.1) is 0 Å². The zero-order valence-electron chi connectivity index (χ0n) is 22.9. The maximum Gasteiger partial charge on any atom is 0.220 e. The molecule has 0 unspecified atom stereocenters. The topological polar surface area (TPSA) is 78.3 Å². The summed E-state index contributed by atoms with van der Waals surface area (Å²) in [5.74, 6) is 1.53. The fourth-order valence-corrected chi connectivity index (χ4v) is 4.83. The number of amides is 1. The molecule has 37 heavy (non-hydrogen) atoms. The van der Waals surface area contributed by atoms with E-state index in [-0.39, 0.29) is 5.91 Å². The summed E-state index contributed by atoms with van der Waals surface area (Å²) in [5.41, 5.74) is 9.50. The van der Waals surface area contributed by atoms with E-state index in [9.17, 15) is 4.79 Å². The molecule has 0 aliphatic rings. The average molecular weight is 501 g/mol. The third-order valence-corrected chi connectivity index (χ3v) is 7.12. The maximum atomic E-state index is 12.7. The van der Waals surface area contributed by atoms with Gasteiger partial charge in [0, 0.05) is 30.1 Å². The van der Waals surface area contributed by atoms with E-state index in [1.807, 2.05) is 36.7 Å². The van der Waals surface area contributed by atoms with Crippen LogP contribution in [0.1, 0.15) is 45.6 Å². The Kier molecular flexibility index (Phi) is 7.81. The molecular weight excluding hydrogens is 464 g/mol. The number of fused-ring (bicyclic) bond motifs is 1. The smallest absolute Gasteiger partial charge is 0.220 e. The van der Waals surface area contributed by atoms with E-state index in [2.05, 4.69) is 44.3 Å². The van der Waals surface area contributed by atoms with Crippen molar-refractivity contribution in [2.75, 3.05) is 20.8 Å². The molecular formula is C30H36N4O3. The van der Waals surface area contributed by atoms with Gasteiger partial charge in [-0.05, 0) is 93.5 Å². The Morgan fingerprint density at radius 2 is 1.70 bits per heavy atom. The highest BCUT2D eigenvalue weighted by Crippen LogP contribution is 2.29. The number of methoxy groups -OCH3 is 2. The van der Waals surface area contributed by atoms with Gasteiger partial charge in [-0.1, -0.05) is 12.1 Å². The molecule has 0 radical (unpaired) electrons. The number of nitrogens with one attached hydrogen (secondary N) is 1. The predicted molar refractivity (Wildman–Crippen MR) is 147 cm³/mol. The van der Waals surface area contributed by atoms with Crippen LogP contribution in [-0.2, 0) is 17.6 Å². The van der Waals surface area contributed by atoms with Gasteiger partial charge in [-0.2, -0.15) is 5.10 Å². The molecule has 1 N–H and O–H groups in total. The predicted octanol–water partition coefficient (Wildman–Crippen LogP) is 5.27. The minimum atomic E-state index is 0.0222. The fraction of sp³-hybridized carbons (Fsp3) is 0.367. The molecule has 2 aromatic heterocycles. The highest BCUT2D eigenvalue weighted by Gasteiger charge is 2.18. The first-order valence-corrected chi connectivity index (χ1v) is 12.6. The lowest BCUT2D eigenvalue weighted by atomic mass is 9.99. The molecule has 0 atom stereocenters. The molecule has 0 aliphatic heterocycles. The first kappa shape index (κ1) is 26.2. The molecule has 0 aliphatic carbocycles. The summed E-state index contributed by atoms with van der Waals surface area (Å²) in [4.78, 5) is 17.6. The highest BCUT2D eigenvalue weighted by molar-refractivity contribution is 5.85. The standard InChI is InChI=1S/C30H36N4O3/c1-18-8-10-24(16-19(18)2)34-30-29(22(5)33-34)20(3)26(21(4)32-30)12-13-28(35)31-15-14-23-9-11-25(36-6)17-27(23)37-7/h8-11,16-17H,12-15H2,1-7H3,(H,31,35). The second kappa shape index (κ2) is 11.0. The number of carbonyl (C=O) groups is 1. The molecule has 2 aromatic carbocycles. The number of ether oxygens (including phenoxy) is 2. The van der Waals surface area contributed by atoms with Crippen LogP contribution in [0, 0.1) is 34.6 Å². The molecule has 0 saturated carbocycles. The summed E-state index contributed by atoms with van der Waals surface area (Å²) < 4.78 is 12.6. The molecule has 7 heteroatoms. The van der Waals surface area contributed by atoms with Crippen molar-refractivity contribution in [2.24, 2.45) is 0 Å². The van der Waals surface area contributed by atoms with Crippen molar-refractivity contribution in [3.05, 3.63) is 75.6 Å². The van der Waals surface area contributed by atoms with Crippen LogP contribution >= 0.6 is 0 Å². The number of hydrogen-bond acceptors (Lipinski definition) is 5. The minimum Gasteiger partial charge on any atom is -0.497 e. The van der Waals surface area contributed by atoms with Crippen LogP contribution in [0.4, 0.5) is 0 Å². The molecule has 0 spiro atoms. The van der Waals surface area contributed by atoms with Crippen LogP contribution < -0.4 is 14.8 Å². The number of nitrogens with zero attached hydrogens (tertiary/aromatic N) is 3. The maximum absolute atomic E-state index is 12.7. The Morgan fingerprint density at radius 1 is 0.919 bits per heavy atom. The fourth-order valence-electron chi connectivity index (χ4n) is 4.83. The summed E-state index contributed by atoms with van der Waals surface area (Å²) in [7, 11) is 3.27. The van der Waals surface area contributed by atoms with E-state index >= 15 is 0 Å². The Balaban J connectivity index is 1.45. The zero-order valence-corrected chi connectivity index (χ0v) is 22.9. The van der Waals surface area contributed by atoms with Gasteiger partial charge in [-0.3, -0.25) is 4.79 Å². The second-order valence-electron chi connectivity index (χ2n) is 9.54. The summed E-state index contributed by atoms with van der Waals surface area (Å²) in [6, 6.07) is 12.1. The summed E-state index contributed by atoms with van der Waals surface area (Å²) in [5, 5.41) is 8.92. The van der Waals surface area contributed by atoms with Gasteiger partial charge >= 0.3 is 0 Å². The van der Waals surface area contributed by atoms with Crippen LogP contribution in [0.15, 0.2) is 36.4 Å². The summed E-state index contributed by atoms with van der Waals surface area (Å²) >= 11 is 0. The Bertz CT molecular complexity index is 1460. The summed E-state index contributed by atoms with van der Waals surface area (Å²) in [6.07, 6.45) is 1.72. The van der Waals surface area contributed by atoms with Gasteiger partial charge in [0.15, 0.2) is 5.65 Å². The number of aryl methyl sites for hydroxylation is 5.